The number of carbonyl (C=O) groups is 1. The largest absolute Gasteiger partial charge is 0.573 e. The van der Waals surface area contributed by atoms with Crippen LogP contribution in [0.5, 0.6) is 5.75 Å². The number of hydrogen-bond donors (Lipinski definition) is 1. The molecule has 1 saturated carbocycles. The van der Waals surface area contributed by atoms with E-state index >= 15 is 0 Å². The highest BCUT2D eigenvalue weighted by molar-refractivity contribution is 9.10. The van der Waals surface area contributed by atoms with Crippen molar-refractivity contribution in [3.8, 4) is 5.75 Å². The maximum Gasteiger partial charge on any atom is 0.573 e. The van der Waals surface area contributed by atoms with Crippen LogP contribution in [0.1, 0.15) is 63.9 Å². The summed E-state index contributed by atoms with van der Waals surface area (Å²) in [6.45, 7) is 4.70. The average molecular weight is 504 g/mol. The molecule has 1 spiro atoms. The molecular formula is C23H29BrF3NO3. The van der Waals surface area contributed by atoms with Crippen molar-refractivity contribution >= 4 is 21.9 Å². The van der Waals surface area contributed by atoms with Crippen LogP contribution in [-0.4, -0.2) is 25.1 Å². The molecule has 0 bridgehead atoms. The highest BCUT2D eigenvalue weighted by atomic mass is 79.9. The molecule has 1 heterocycles. The molecule has 1 aromatic rings. The average Bonchev–Trinajstić information content (AvgIpc) is 3.17. The number of halogens is 4. The van der Waals surface area contributed by atoms with Gasteiger partial charge < -0.3 is 9.47 Å². The molecule has 4 unspecified atom stereocenters. The van der Waals surface area contributed by atoms with E-state index in [0.29, 0.717) is 0 Å². The standard InChI is InChI=1S/C23H29BrF3NO3/c1-3-4-5-6-7-15(2)20(29)30-21-22(14-28-21)11-10-17(13-22)16-8-9-18(24)19(12-16)31-23(25,26)27/h4-5,8-9,12,15,17,21,28H,3,6-7,10-11,13-14H2,1-2H3. The predicted molar refractivity (Wildman–Crippen MR) is 116 cm³/mol. The Morgan fingerprint density at radius 3 is 2.81 bits per heavy atom. The number of rotatable bonds is 8. The lowest BCUT2D eigenvalue weighted by Gasteiger charge is -2.47. The molecule has 31 heavy (non-hydrogen) atoms. The van der Waals surface area contributed by atoms with E-state index < -0.39 is 6.36 Å². The Bertz CT molecular complexity index is 814. The third-order valence-corrected chi connectivity index (χ3v) is 6.95. The van der Waals surface area contributed by atoms with Crippen molar-refractivity contribution in [1.29, 1.82) is 0 Å². The predicted octanol–water partition coefficient (Wildman–Crippen LogP) is 6.46. The minimum atomic E-state index is -4.74. The molecule has 0 amide bonds. The van der Waals surface area contributed by atoms with Gasteiger partial charge in [0, 0.05) is 12.0 Å². The topological polar surface area (TPSA) is 47.6 Å². The van der Waals surface area contributed by atoms with E-state index in [1.165, 1.54) is 6.07 Å². The number of hydrogen-bond acceptors (Lipinski definition) is 4. The van der Waals surface area contributed by atoms with Gasteiger partial charge in [-0.15, -0.1) is 13.2 Å². The minimum Gasteiger partial charge on any atom is -0.446 e. The molecule has 4 atom stereocenters. The van der Waals surface area contributed by atoms with Gasteiger partial charge >= 0.3 is 12.3 Å². The number of allylic oxidation sites excluding steroid dienone is 2. The third-order valence-electron chi connectivity index (χ3n) is 6.30. The Balaban J connectivity index is 1.59. The van der Waals surface area contributed by atoms with E-state index in [4.69, 9.17) is 4.74 Å². The van der Waals surface area contributed by atoms with Crippen molar-refractivity contribution in [2.24, 2.45) is 11.3 Å². The summed E-state index contributed by atoms with van der Waals surface area (Å²) < 4.78 is 48.2. The summed E-state index contributed by atoms with van der Waals surface area (Å²) in [6.07, 6.45) is 4.14. The number of esters is 1. The lowest BCUT2D eigenvalue weighted by molar-refractivity contribution is -0.274. The molecule has 8 heteroatoms. The number of carbonyl (C=O) groups excluding carboxylic acids is 1. The van der Waals surface area contributed by atoms with Gasteiger partial charge in [-0.3, -0.25) is 10.1 Å². The normalized spacial score (nSPS) is 26.8. The van der Waals surface area contributed by atoms with Crippen LogP contribution in [0.2, 0.25) is 0 Å². The van der Waals surface area contributed by atoms with Crippen molar-refractivity contribution in [2.75, 3.05) is 6.54 Å². The maximum absolute atomic E-state index is 12.7. The van der Waals surface area contributed by atoms with E-state index in [0.717, 1.165) is 50.6 Å². The first-order valence-electron chi connectivity index (χ1n) is 10.8. The fourth-order valence-electron chi connectivity index (χ4n) is 4.44. The van der Waals surface area contributed by atoms with Gasteiger partial charge in [0.2, 0.25) is 0 Å². The SMILES string of the molecule is CCC=CCCC(C)C(=O)OC1NCC12CCC(c1ccc(Br)c(OC(F)(F)F)c1)C2. The van der Waals surface area contributed by atoms with Crippen molar-refractivity contribution in [3.63, 3.8) is 0 Å². The molecule has 172 valence electrons. The van der Waals surface area contributed by atoms with Crippen LogP contribution < -0.4 is 10.1 Å². The molecule has 4 nitrogen and oxygen atoms in total. The third kappa shape index (κ3) is 6.04. The van der Waals surface area contributed by atoms with E-state index in [-0.39, 0.29) is 39.7 Å². The number of ether oxygens (including phenoxy) is 2. The van der Waals surface area contributed by atoms with Crippen molar-refractivity contribution in [3.05, 3.63) is 40.4 Å². The van der Waals surface area contributed by atoms with Gasteiger partial charge in [0.25, 0.3) is 0 Å². The zero-order chi connectivity index (χ0) is 22.6. The van der Waals surface area contributed by atoms with Crippen molar-refractivity contribution in [1.82, 2.24) is 5.32 Å². The molecule has 0 aromatic heterocycles. The van der Waals surface area contributed by atoms with Gasteiger partial charge in [0.1, 0.15) is 5.75 Å². The number of nitrogens with one attached hydrogen (secondary N) is 1. The molecule has 3 rings (SSSR count). The second-order valence-electron chi connectivity index (χ2n) is 8.60. The Morgan fingerprint density at radius 1 is 1.39 bits per heavy atom. The van der Waals surface area contributed by atoms with Gasteiger partial charge in [-0.05, 0) is 78.1 Å². The molecule has 1 aliphatic carbocycles. The fourth-order valence-corrected chi connectivity index (χ4v) is 4.77. The summed E-state index contributed by atoms with van der Waals surface area (Å²) in [4.78, 5) is 12.5. The second-order valence-corrected chi connectivity index (χ2v) is 9.45. The second kappa shape index (κ2) is 9.94. The summed E-state index contributed by atoms with van der Waals surface area (Å²) in [7, 11) is 0. The smallest absolute Gasteiger partial charge is 0.446 e. The molecule has 1 aromatic carbocycles. The molecule has 1 aliphatic heterocycles. The zero-order valence-electron chi connectivity index (χ0n) is 17.8. The molecule has 2 aliphatic rings. The molecule has 1 N–H and O–H groups in total. The highest BCUT2D eigenvalue weighted by Crippen LogP contribution is 2.53. The zero-order valence-corrected chi connectivity index (χ0v) is 19.4. The van der Waals surface area contributed by atoms with Crippen molar-refractivity contribution in [2.45, 2.75) is 70.9 Å². The minimum absolute atomic E-state index is 0.101. The van der Waals surface area contributed by atoms with Crippen LogP contribution in [0.3, 0.4) is 0 Å². The lowest BCUT2D eigenvalue weighted by Crippen LogP contribution is -2.63. The van der Waals surface area contributed by atoms with Crippen molar-refractivity contribution < 1.29 is 27.4 Å². The van der Waals surface area contributed by atoms with E-state index in [1.54, 1.807) is 6.07 Å². The van der Waals surface area contributed by atoms with Crippen LogP contribution in [-0.2, 0) is 9.53 Å². The lowest BCUT2D eigenvalue weighted by atomic mass is 9.76. The van der Waals surface area contributed by atoms with Crippen LogP contribution in [0, 0.1) is 11.3 Å². The summed E-state index contributed by atoms with van der Waals surface area (Å²) in [5, 5.41) is 3.23. The van der Waals surface area contributed by atoms with Gasteiger partial charge in [-0.1, -0.05) is 32.1 Å². The van der Waals surface area contributed by atoms with E-state index in [1.807, 2.05) is 13.0 Å². The summed E-state index contributed by atoms with van der Waals surface area (Å²) >= 11 is 3.12. The van der Waals surface area contributed by atoms with E-state index in [9.17, 15) is 18.0 Å². The van der Waals surface area contributed by atoms with Crippen LogP contribution in [0.4, 0.5) is 13.2 Å². The van der Waals surface area contributed by atoms with Crippen LogP contribution in [0.15, 0.2) is 34.8 Å². The Morgan fingerprint density at radius 2 is 2.16 bits per heavy atom. The number of benzene rings is 1. The summed E-state index contributed by atoms with van der Waals surface area (Å²) in [6, 6.07) is 4.88. The quantitative estimate of drug-likeness (QED) is 0.326. The Hall–Kier alpha value is -1.54. The van der Waals surface area contributed by atoms with Gasteiger partial charge in [0.15, 0.2) is 6.23 Å². The Labute approximate surface area is 189 Å². The summed E-state index contributed by atoms with van der Waals surface area (Å²) in [5.41, 5.74) is 0.660. The number of alkyl halides is 3. The first-order valence-corrected chi connectivity index (χ1v) is 11.6. The first kappa shape index (κ1) is 24.1. The summed E-state index contributed by atoms with van der Waals surface area (Å²) in [5.74, 6) is -0.503. The van der Waals surface area contributed by atoms with Crippen LogP contribution >= 0.6 is 15.9 Å². The molecule has 0 radical (unpaired) electrons. The van der Waals surface area contributed by atoms with Gasteiger partial charge in [-0.25, -0.2) is 0 Å². The maximum atomic E-state index is 12.7. The molecule has 1 saturated heterocycles. The van der Waals surface area contributed by atoms with Crippen LogP contribution in [0.25, 0.3) is 0 Å². The molecular weight excluding hydrogens is 475 g/mol. The highest BCUT2D eigenvalue weighted by Gasteiger charge is 2.53. The molecule has 2 fully saturated rings. The van der Waals surface area contributed by atoms with E-state index in [2.05, 4.69) is 45.1 Å². The Kier molecular flexibility index (Phi) is 7.73. The monoisotopic (exact) mass is 503 g/mol. The van der Waals surface area contributed by atoms with Gasteiger partial charge in [-0.2, -0.15) is 0 Å². The fraction of sp³-hybridized carbons (Fsp3) is 0.609. The first-order chi connectivity index (χ1) is 14.6. The van der Waals surface area contributed by atoms with Gasteiger partial charge in [0.05, 0.1) is 10.4 Å².